The fraction of sp³-hybridized carbons (Fsp3) is 0.381. The van der Waals surface area contributed by atoms with Crippen molar-refractivity contribution < 1.29 is 18.0 Å². The van der Waals surface area contributed by atoms with Gasteiger partial charge < -0.3 is 20.1 Å². The van der Waals surface area contributed by atoms with Gasteiger partial charge in [0.1, 0.15) is 17.5 Å². The number of hydrogen-bond donors (Lipinski definition) is 2. The van der Waals surface area contributed by atoms with Crippen LogP contribution in [0, 0.1) is 23.4 Å². The van der Waals surface area contributed by atoms with Gasteiger partial charge in [-0.3, -0.25) is 9.59 Å². The second kappa shape index (κ2) is 8.70. The first-order valence-electron chi connectivity index (χ1n) is 9.94. The molecule has 0 spiro atoms. The zero-order valence-corrected chi connectivity index (χ0v) is 17.4. The highest BCUT2D eigenvalue weighted by Gasteiger charge is 2.35. The Balaban J connectivity index is 1.31. The van der Waals surface area contributed by atoms with Crippen molar-refractivity contribution in [1.82, 2.24) is 20.1 Å². The number of thiocarbonyl (C=S) groups is 1. The van der Waals surface area contributed by atoms with Crippen LogP contribution in [0.25, 0.3) is 0 Å². The van der Waals surface area contributed by atoms with E-state index in [4.69, 9.17) is 12.2 Å². The number of fused-ring (bicyclic) bond motifs is 4. The van der Waals surface area contributed by atoms with Crippen molar-refractivity contribution >= 4 is 23.2 Å². The van der Waals surface area contributed by atoms with Gasteiger partial charge in [-0.25, -0.2) is 13.2 Å². The molecule has 2 aliphatic rings. The summed E-state index contributed by atoms with van der Waals surface area (Å²) < 4.78 is 42.1. The third kappa shape index (κ3) is 4.58. The van der Waals surface area contributed by atoms with E-state index in [0.717, 1.165) is 12.1 Å². The molecule has 0 saturated carbocycles. The Morgan fingerprint density at radius 1 is 1.10 bits per heavy atom. The number of nitrogens with zero attached hydrogens (tertiary/aromatic N) is 2. The van der Waals surface area contributed by atoms with E-state index in [-0.39, 0.29) is 23.9 Å². The highest BCUT2D eigenvalue weighted by atomic mass is 32.1. The average Bonchev–Trinajstić information content (AvgIpc) is 2.72. The lowest BCUT2D eigenvalue weighted by atomic mass is 9.83. The molecular formula is C21H21F3N4O2S. The molecule has 1 fully saturated rings. The number of pyridine rings is 1. The van der Waals surface area contributed by atoms with Gasteiger partial charge >= 0.3 is 0 Å². The first kappa shape index (κ1) is 21.4. The van der Waals surface area contributed by atoms with E-state index >= 15 is 0 Å². The van der Waals surface area contributed by atoms with Gasteiger partial charge in [-0.15, -0.1) is 0 Å². The molecule has 1 saturated heterocycles. The van der Waals surface area contributed by atoms with Gasteiger partial charge in [0.05, 0.1) is 6.54 Å². The van der Waals surface area contributed by atoms with Crippen LogP contribution in [0.2, 0.25) is 0 Å². The first-order chi connectivity index (χ1) is 14.8. The lowest BCUT2D eigenvalue weighted by molar-refractivity contribution is -0.120. The largest absolute Gasteiger partial charge is 0.354 e. The molecule has 164 valence electrons. The number of carbonyl (C=O) groups is 1. The maximum Gasteiger partial charge on any atom is 0.250 e. The minimum absolute atomic E-state index is 0.00653. The van der Waals surface area contributed by atoms with Crippen LogP contribution in [0.4, 0.5) is 13.2 Å². The Labute approximate surface area is 182 Å². The quantitative estimate of drug-likeness (QED) is 0.697. The maximum atomic E-state index is 13.7. The SMILES string of the molecule is O=C(CNC(=S)N1CC2CC(C1)c1cccc(=O)n1C2)NCc1c(F)cc(F)cc1F. The number of nitrogens with one attached hydrogen (secondary N) is 2. The normalized spacial score (nSPS) is 19.5. The van der Waals surface area contributed by atoms with Crippen LogP contribution in [0.3, 0.4) is 0 Å². The molecule has 2 bridgehead atoms. The summed E-state index contributed by atoms with van der Waals surface area (Å²) in [4.78, 5) is 26.2. The molecule has 3 heterocycles. The summed E-state index contributed by atoms with van der Waals surface area (Å²) in [6.07, 6.45) is 0.984. The van der Waals surface area contributed by atoms with Crippen LogP contribution < -0.4 is 16.2 Å². The van der Waals surface area contributed by atoms with Crippen molar-refractivity contribution in [2.75, 3.05) is 19.6 Å². The molecule has 1 amide bonds. The van der Waals surface area contributed by atoms with Crippen LogP contribution in [-0.2, 0) is 17.9 Å². The van der Waals surface area contributed by atoms with E-state index in [1.165, 1.54) is 0 Å². The van der Waals surface area contributed by atoms with Crippen molar-refractivity contribution in [3.05, 3.63) is 69.4 Å². The predicted octanol–water partition coefficient (Wildman–Crippen LogP) is 1.88. The van der Waals surface area contributed by atoms with Crippen molar-refractivity contribution in [3.8, 4) is 0 Å². The molecule has 0 aliphatic carbocycles. The monoisotopic (exact) mass is 450 g/mol. The summed E-state index contributed by atoms with van der Waals surface area (Å²) in [6, 6.07) is 6.43. The number of amides is 1. The van der Waals surface area contributed by atoms with Crippen LogP contribution >= 0.6 is 12.2 Å². The zero-order chi connectivity index (χ0) is 22.1. The van der Waals surface area contributed by atoms with Crippen LogP contribution in [-0.4, -0.2) is 40.1 Å². The van der Waals surface area contributed by atoms with Gasteiger partial charge in [-0.05, 0) is 30.6 Å². The van der Waals surface area contributed by atoms with E-state index in [2.05, 4.69) is 10.6 Å². The number of piperidine rings is 1. The Bertz CT molecular complexity index is 1070. The number of hydrogen-bond acceptors (Lipinski definition) is 3. The molecule has 2 aliphatic heterocycles. The highest BCUT2D eigenvalue weighted by molar-refractivity contribution is 7.80. The van der Waals surface area contributed by atoms with E-state index < -0.39 is 35.5 Å². The van der Waals surface area contributed by atoms with Gasteiger partial charge in [0.25, 0.3) is 5.56 Å². The second-order valence-electron chi connectivity index (χ2n) is 7.89. The predicted molar refractivity (Wildman–Crippen MR) is 112 cm³/mol. The number of benzene rings is 1. The molecule has 6 nitrogen and oxygen atoms in total. The van der Waals surface area contributed by atoms with Crippen molar-refractivity contribution in [3.63, 3.8) is 0 Å². The summed E-state index contributed by atoms with van der Waals surface area (Å²) in [5.41, 5.74) is 0.597. The lowest BCUT2D eigenvalue weighted by Gasteiger charge is -2.43. The fourth-order valence-corrected chi connectivity index (χ4v) is 4.54. The number of rotatable bonds is 4. The molecule has 4 rings (SSSR count). The Morgan fingerprint density at radius 2 is 1.84 bits per heavy atom. The number of halogens is 3. The lowest BCUT2D eigenvalue weighted by Crippen LogP contribution is -2.52. The van der Waals surface area contributed by atoms with E-state index in [9.17, 15) is 22.8 Å². The van der Waals surface area contributed by atoms with Crippen molar-refractivity contribution in [2.45, 2.75) is 25.4 Å². The molecule has 1 aromatic heterocycles. The van der Waals surface area contributed by atoms with Gasteiger partial charge in [0.15, 0.2) is 5.11 Å². The molecule has 2 aromatic rings. The Hall–Kier alpha value is -2.88. The minimum atomic E-state index is -1.06. The molecule has 2 N–H and O–H groups in total. The number of aromatic nitrogens is 1. The standard InChI is InChI=1S/C21H21F3N4O2S/c22-14-5-16(23)15(17(24)6-14)7-25-19(29)8-26-21(31)27-9-12-4-13(11-27)18-2-1-3-20(30)28(18)10-12/h1-3,5-6,12-13H,4,7-11H2,(H,25,29)(H,26,31). The van der Waals surface area contributed by atoms with Crippen molar-refractivity contribution in [2.24, 2.45) is 5.92 Å². The third-order valence-corrected chi connectivity index (χ3v) is 6.14. The topological polar surface area (TPSA) is 66.4 Å². The zero-order valence-electron chi connectivity index (χ0n) is 16.5. The first-order valence-corrected chi connectivity index (χ1v) is 10.3. The Kier molecular flexibility index (Phi) is 5.99. The maximum absolute atomic E-state index is 13.7. The average molecular weight is 450 g/mol. The minimum Gasteiger partial charge on any atom is -0.354 e. The van der Waals surface area contributed by atoms with Crippen LogP contribution in [0.15, 0.2) is 35.1 Å². The van der Waals surface area contributed by atoms with Crippen LogP contribution in [0.5, 0.6) is 0 Å². The fourth-order valence-electron chi connectivity index (χ4n) is 4.32. The Morgan fingerprint density at radius 3 is 2.58 bits per heavy atom. The molecular weight excluding hydrogens is 429 g/mol. The molecule has 10 heteroatoms. The third-order valence-electron chi connectivity index (χ3n) is 5.74. The van der Waals surface area contributed by atoms with E-state index in [0.29, 0.717) is 36.9 Å². The molecule has 2 atom stereocenters. The smallest absolute Gasteiger partial charge is 0.250 e. The summed E-state index contributed by atoms with van der Waals surface area (Å²) in [5, 5.41) is 5.69. The van der Waals surface area contributed by atoms with E-state index in [1.807, 2.05) is 15.5 Å². The molecule has 0 radical (unpaired) electrons. The molecule has 31 heavy (non-hydrogen) atoms. The van der Waals surface area contributed by atoms with Gasteiger partial charge in [-0.2, -0.15) is 0 Å². The highest BCUT2D eigenvalue weighted by Crippen LogP contribution is 2.34. The van der Waals surface area contributed by atoms with Gasteiger partial charge in [0.2, 0.25) is 5.91 Å². The summed E-state index contributed by atoms with van der Waals surface area (Å²) in [6.45, 7) is 1.39. The van der Waals surface area contributed by atoms with Gasteiger partial charge in [0, 0.05) is 61.6 Å². The van der Waals surface area contributed by atoms with Gasteiger partial charge in [-0.1, -0.05) is 6.07 Å². The van der Waals surface area contributed by atoms with Crippen LogP contribution in [0.1, 0.15) is 23.6 Å². The summed E-state index contributed by atoms with van der Waals surface area (Å²) in [5.74, 6) is -3.17. The van der Waals surface area contributed by atoms with E-state index in [1.54, 1.807) is 12.1 Å². The molecule has 2 unspecified atom stereocenters. The summed E-state index contributed by atoms with van der Waals surface area (Å²) >= 11 is 5.43. The number of likely N-dealkylation sites (tertiary alicyclic amines) is 1. The molecule has 1 aromatic carbocycles. The number of carbonyl (C=O) groups excluding carboxylic acids is 1. The van der Waals surface area contributed by atoms with Crippen molar-refractivity contribution in [1.29, 1.82) is 0 Å². The summed E-state index contributed by atoms with van der Waals surface area (Å²) in [7, 11) is 0. The second-order valence-corrected chi connectivity index (χ2v) is 8.27.